The van der Waals surface area contributed by atoms with Crippen molar-refractivity contribution in [1.82, 2.24) is 0 Å². The highest BCUT2D eigenvalue weighted by Gasteiger charge is 2.21. The van der Waals surface area contributed by atoms with Crippen LogP contribution in [0, 0.1) is 13.8 Å². The quantitative estimate of drug-likeness (QED) is 0.865. The summed E-state index contributed by atoms with van der Waals surface area (Å²) < 4.78 is 30.3. The van der Waals surface area contributed by atoms with Crippen LogP contribution in [0.3, 0.4) is 0 Å². The second-order valence-corrected chi connectivity index (χ2v) is 6.29. The van der Waals surface area contributed by atoms with Crippen LogP contribution in [0.25, 0.3) is 0 Å². The van der Waals surface area contributed by atoms with E-state index in [9.17, 15) is 8.42 Å². The molecular weight excluding hydrogens is 260 g/mol. The van der Waals surface area contributed by atoms with Gasteiger partial charge in [0.1, 0.15) is 5.75 Å². The molecule has 0 bridgehead atoms. The van der Waals surface area contributed by atoms with Gasteiger partial charge >= 0.3 is 0 Å². The second kappa shape index (κ2) is 5.05. The zero-order valence-electron chi connectivity index (χ0n) is 11.2. The summed E-state index contributed by atoms with van der Waals surface area (Å²) in [5.74, 6) is 0.639. The van der Waals surface area contributed by atoms with E-state index in [1.165, 1.54) is 0 Å². The third kappa shape index (κ3) is 2.49. The standard InChI is InChI=1S/C15H16O3S/c1-11-5-4-6-12(2)15(11)19(16,17)14-9-7-13(18-3)8-10-14/h4-10H,1-3H3. The summed E-state index contributed by atoms with van der Waals surface area (Å²) in [6, 6.07) is 11.9. The Morgan fingerprint density at radius 2 is 1.42 bits per heavy atom. The zero-order valence-corrected chi connectivity index (χ0v) is 12.0. The van der Waals surface area contributed by atoms with Gasteiger partial charge in [0.25, 0.3) is 0 Å². The van der Waals surface area contributed by atoms with Gasteiger partial charge in [0.2, 0.25) is 9.84 Å². The van der Waals surface area contributed by atoms with Crippen molar-refractivity contribution in [2.75, 3.05) is 7.11 Å². The largest absolute Gasteiger partial charge is 0.497 e. The molecule has 0 aromatic heterocycles. The molecule has 0 amide bonds. The average Bonchev–Trinajstić information content (AvgIpc) is 2.38. The van der Waals surface area contributed by atoms with E-state index in [1.54, 1.807) is 31.4 Å². The SMILES string of the molecule is COc1ccc(S(=O)(=O)c2c(C)cccc2C)cc1. The number of hydrogen-bond acceptors (Lipinski definition) is 3. The van der Waals surface area contributed by atoms with Crippen molar-refractivity contribution in [3.63, 3.8) is 0 Å². The lowest BCUT2D eigenvalue weighted by molar-refractivity contribution is 0.414. The summed E-state index contributed by atoms with van der Waals surface area (Å²) >= 11 is 0. The van der Waals surface area contributed by atoms with Crippen molar-refractivity contribution in [2.45, 2.75) is 23.6 Å². The number of rotatable bonds is 3. The van der Waals surface area contributed by atoms with Gasteiger partial charge in [0.15, 0.2) is 0 Å². The molecule has 0 aliphatic rings. The van der Waals surface area contributed by atoms with Gasteiger partial charge < -0.3 is 4.74 Å². The molecule has 4 heteroatoms. The van der Waals surface area contributed by atoms with E-state index in [-0.39, 0.29) is 4.90 Å². The highest BCUT2D eigenvalue weighted by molar-refractivity contribution is 7.91. The fourth-order valence-electron chi connectivity index (χ4n) is 2.10. The van der Waals surface area contributed by atoms with E-state index in [1.807, 2.05) is 32.0 Å². The van der Waals surface area contributed by atoms with Crippen LogP contribution in [-0.2, 0) is 9.84 Å². The van der Waals surface area contributed by atoms with Crippen LogP contribution in [0.1, 0.15) is 11.1 Å². The van der Waals surface area contributed by atoms with Crippen LogP contribution in [0.4, 0.5) is 0 Å². The first kappa shape index (κ1) is 13.6. The third-order valence-electron chi connectivity index (χ3n) is 3.05. The van der Waals surface area contributed by atoms with Crippen molar-refractivity contribution >= 4 is 9.84 Å². The first-order valence-corrected chi connectivity index (χ1v) is 7.40. The molecule has 0 saturated heterocycles. The predicted octanol–water partition coefficient (Wildman–Crippen LogP) is 3.14. The summed E-state index contributed by atoms with van der Waals surface area (Å²) in [6.07, 6.45) is 0. The van der Waals surface area contributed by atoms with Crippen LogP contribution in [0.2, 0.25) is 0 Å². The van der Waals surface area contributed by atoms with E-state index in [4.69, 9.17) is 4.74 Å². The summed E-state index contributed by atoms with van der Waals surface area (Å²) in [5, 5.41) is 0. The van der Waals surface area contributed by atoms with Crippen molar-refractivity contribution in [1.29, 1.82) is 0 Å². The Bertz CT molecular complexity index is 666. The highest BCUT2D eigenvalue weighted by atomic mass is 32.2. The molecule has 0 aliphatic heterocycles. The van der Waals surface area contributed by atoms with Crippen LogP contribution < -0.4 is 4.74 Å². The molecule has 0 heterocycles. The Balaban J connectivity index is 2.59. The van der Waals surface area contributed by atoms with E-state index >= 15 is 0 Å². The van der Waals surface area contributed by atoms with E-state index in [0.29, 0.717) is 10.6 Å². The molecule has 2 aromatic rings. The van der Waals surface area contributed by atoms with Crippen molar-refractivity contribution in [3.8, 4) is 5.75 Å². The van der Waals surface area contributed by atoms with Crippen LogP contribution in [-0.4, -0.2) is 15.5 Å². The lowest BCUT2D eigenvalue weighted by Gasteiger charge is -2.11. The third-order valence-corrected chi connectivity index (χ3v) is 5.12. The van der Waals surface area contributed by atoms with Gasteiger partial charge in [-0.1, -0.05) is 18.2 Å². The van der Waals surface area contributed by atoms with Gasteiger partial charge in [-0.05, 0) is 49.2 Å². The molecule has 0 unspecified atom stereocenters. The van der Waals surface area contributed by atoms with Gasteiger partial charge in [0, 0.05) is 0 Å². The molecule has 0 N–H and O–H groups in total. The number of aryl methyl sites for hydroxylation is 2. The van der Waals surface area contributed by atoms with Gasteiger partial charge in [-0.25, -0.2) is 8.42 Å². The minimum absolute atomic E-state index is 0.283. The lowest BCUT2D eigenvalue weighted by Crippen LogP contribution is -2.06. The zero-order chi connectivity index (χ0) is 14.0. The highest BCUT2D eigenvalue weighted by Crippen LogP contribution is 2.27. The molecule has 19 heavy (non-hydrogen) atoms. The molecule has 2 rings (SSSR count). The van der Waals surface area contributed by atoms with Crippen LogP contribution in [0.15, 0.2) is 52.3 Å². The Kier molecular flexibility index (Phi) is 3.62. The molecule has 0 spiro atoms. The second-order valence-electron chi connectivity index (χ2n) is 4.40. The van der Waals surface area contributed by atoms with Gasteiger partial charge in [-0.15, -0.1) is 0 Å². The van der Waals surface area contributed by atoms with E-state index in [2.05, 4.69) is 0 Å². The summed E-state index contributed by atoms with van der Waals surface area (Å²) in [7, 11) is -1.93. The molecule has 0 atom stereocenters. The monoisotopic (exact) mass is 276 g/mol. The Labute approximate surface area is 113 Å². The van der Waals surface area contributed by atoms with Gasteiger partial charge in [-0.3, -0.25) is 0 Å². The minimum atomic E-state index is -3.48. The average molecular weight is 276 g/mol. The number of sulfone groups is 1. The Hall–Kier alpha value is -1.81. The summed E-state index contributed by atoms with van der Waals surface area (Å²) in [4.78, 5) is 0.672. The normalized spacial score (nSPS) is 11.3. The lowest BCUT2D eigenvalue weighted by atomic mass is 10.2. The number of benzene rings is 2. The fraction of sp³-hybridized carbons (Fsp3) is 0.200. The smallest absolute Gasteiger partial charge is 0.207 e. The maximum absolute atomic E-state index is 12.6. The molecule has 0 saturated carbocycles. The van der Waals surface area contributed by atoms with Gasteiger partial charge in [-0.2, -0.15) is 0 Å². The topological polar surface area (TPSA) is 43.4 Å². The minimum Gasteiger partial charge on any atom is -0.497 e. The molecule has 3 nitrogen and oxygen atoms in total. The Morgan fingerprint density at radius 3 is 1.89 bits per heavy atom. The summed E-state index contributed by atoms with van der Waals surface area (Å²) in [6.45, 7) is 3.62. The number of ether oxygens (including phenoxy) is 1. The molecule has 0 aliphatic carbocycles. The van der Waals surface area contributed by atoms with Crippen LogP contribution >= 0.6 is 0 Å². The maximum atomic E-state index is 12.6. The summed E-state index contributed by atoms with van der Waals surface area (Å²) in [5.41, 5.74) is 1.52. The maximum Gasteiger partial charge on any atom is 0.207 e. The van der Waals surface area contributed by atoms with Crippen molar-refractivity contribution < 1.29 is 13.2 Å². The van der Waals surface area contributed by atoms with Crippen molar-refractivity contribution in [3.05, 3.63) is 53.6 Å². The predicted molar refractivity (Wildman–Crippen MR) is 74.4 cm³/mol. The molecule has 100 valence electrons. The molecule has 2 aromatic carbocycles. The molecular formula is C15H16O3S. The molecule has 0 fully saturated rings. The van der Waals surface area contributed by atoms with E-state index in [0.717, 1.165) is 11.1 Å². The Morgan fingerprint density at radius 1 is 0.895 bits per heavy atom. The first-order valence-electron chi connectivity index (χ1n) is 5.92. The van der Waals surface area contributed by atoms with Gasteiger partial charge in [0.05, 0.1) is 16.9 Å². The first-order chi connectivity index (χ1) is 8.96. The fourth-order valence-corrected chi connectivity index (χ4v) is 3.81. The number of methoxy groups -OCH3 is 1. The van der Waals surface area contributed by atoms with Crippen LogP contribution in [0.5, 0.6) is 5.75 Å². The molecule has 0 radical (unpaired) electrons. The van der Waals surface area contributed by atoms with E-state index < -0.39 is 9.84 Å². The number of hydrogen-bond donors (Lipinski definition) is 0. The van der Waals surface area contributed by atoms with Crippen molar-refractivity contribution in [2.24, 2.45) is 0 Å².